The fourth-order valence-electron chi connectivity index (χ4n) is 3.93. The number of fused-ring (bicyclic) bond motifs is 2. The molecule has 4 atom stereocenters. The number of hydrogen-bond donors (Lipinski definition) is 1. The van der Waals surface area contributed by atoms with Crippen molar-refractivity contribution >= 4 is 17.9 Å². The number of ether oxygens (including phenoxy) is 2. The van der Waals surface area contributed by atoms with Crippen LogP contribution in [0, 0.1) is 23.7 Å². The minimum absolute atomic E-state index is 0.107. The molecule has 0 aromatic heterocycles. The second-order valence-electron chi connectivity index (χ2n) is 9.33. The minimum Gasteiger partial charge on any atom is -0.478 e. The third-order valence-corrected chi connectivity index (χ3v) is 4.77. The Balaban J connectivity index is 2.27. The van der Waals surface area contributed by atoms with Gasteiger partial charge in [0.1, 0.15) is 11.2 Å². The first kappa shape index (κ1) is 20.5. The lowest BCUT2D eigenvalue weighted by Gasteiger charge is -2.43. The highest BCUT2D eigenvalue weighted by molar-refractivity contribution is 5.90. The van der Waals surface area contributed by atoms with E-state index in [2.05, 4.69) is 0 Å². The van der Waals surface area contributed by atoms with Crippen molar-refractivity contribution < 1.29 is 29.0 Å². The predicted molar refractivity (Wildman–Crippen MR) is 95.2 cm³/mol. The zero-order valence-electron chi connectivity index (χ0n) is 16.5. The highest BCUT2D eigenvalue weighted by atomic mass is 16.6. The van der Waals surface area contributed by atoms with Crippen molar-refractivity contribution in [3.05, 3.63) is 11.6 Å². The highest BCUT2D eigenvalue weighted by Gasteiger charge is 2.50. The summed E-state index contributed by atoms with van der Waals surface area (Å²) in [4.78, 5) is 36.9. The molecule has 0 spiro atoms. The Morgan fingerprint density at radius 2 is 1.50 bits per heavy atom. The van der Waals surface area contributed by atoms with Crippen LogP contribution in [0.4, 0.5) is 0 Å². The number of aliphatic carboxylic acids is 1. The van der Waals surface area contributed by atoms with Crippen LogP contribution in [0.2, 0.25) is 0 Å². The summed E-state index contributed by atoms with van der Waals surface area (Å²) in [6, 6.07) is 0. The molecule has 6 heteroatoms. The largest absolute Gasteiger partial charge is 0.478 e. The van der Waals surface area contributed by atoms with E-state index in [-0.39, 0.29) is 23.4 Å². The van der Waals surface area contributed by atoms with E-state index in [1.165, 1.54) is 0 Å². The molecule has 26 heavy (non-hydrogen) atoms. The van der Waals surface area contributed by atoms with Crippen LogP contribution in [0.25, 0.3) is 0 Å². The number of allylic oxidation sites excluding steroid dienone is 1. The second kappa shape index (κ2) is 7.05. The van der Waals surface area contributed by atoms with E-state index >= 15 is 0 Å². The summed E-state index contributed by atoms with van der Waals surface area (Å²) >= 11 is 0. The molecule has 4 unspecified atom stereocenters. The Labute approximate surface area is 154 Å². The molecule has 1 fully saturated rings. The molecule has 0 aromatic rings. The summed E-state index contributed by atoms with van der Waals surface area (Å²) in [7, 11) is 0. The standard InChI is InChI=1S/C20H30O6/c1-19(2,3)25-17(23)12-9-11-7-8-13(16(21)22)14(10-12)15(11)18(24)26-20(4,5)6/h8,11-12,14-15H,7,9-10H2,1-6H3,(H,21,22). The smallest absolute Gasteiger partial charge is 0.331 e. The van der Waals surface area contributed by atoms with E-state index in [0.717, 1.165) is 0 Å². The van der Waals surface area contributed by atoms with Crippen LogP contribution in [0.3, 0.4) is 0 Å². The molecule has 6 nitrogen and oxygen atoms in total. The molecule has 2 aliphatic rings. The minimum atomic E-state index is -1.04. The number of carboxylic acids is 1. The van der Waals surface area contributed by atoms with E-state index in [1.807, 2.05) is 0 Å². The summed E-state index contributed by atoms with van der Waals surface area (Å²) in [5.41, 5.74) is -1.02. The van der Waals surface area contributed by atoms with Gasteiger partial charge in [0.25, 0.3) is 0 Å². The number of carbonyl (C=O) groups is 3. The molecule has 1 saturated carbocycles. The number of carbonyl (C=O) groups excluding carboxylic acids is 2. The third kappa shape index (κ3) is 4.86. The lowest BCUT2D eigenvalue weighted by Crippen LogP contribution is -2.46. The highest BCUT2D eigenvalue weighted by Crippen LogP contribution is 2.48. The van der Waals surface area contributed by atoms with Crippen molar-refractivity contribution in [2.45, 2.75) is 72.0 Å². The maximum absolute atomic E-state index is 12.7. The molecule has 2 bridgehead atoms. The van der Waals surface area contributed by atoms with Crippen LogP contribution < -0.4 is 0 Å². The van der Waals surface area contributed by atoms with Gasteiger partial charge in [0.05, 0.1) is 11.8 Å². The van der Waals surface area contributed by atoms with Crippen LogP contribution in [-0.4, -0.2) is 34.2 Å². The van der Waals surface area contributed by atoms with Crippen LogP contribution in [0.15, 0.2) is 11.6 Å². The van der Waals surface area contributed by atoms with Crippen molar-refractivity contribution in [3.63, 3.8) is 0 Å². The molecule has 2 rings (SSSR count). The zero-order chi connectivity index (χ0) is 19.9. The molecule has 1 N–H and O–H groups in total. The first-order chi connectivity index (χ1) is 11.8. The lowest BCUT2D eigenvalue weighted by molar-refractivity contribution is -0.173. The number of hydrogen-bond acceptors (Lipinski definition) is 5. The van der Waals surface area contributed by atoms with Gasteiger partial charge in [-0.05, 0) is 66.7 Å². The number of carboxylic acid groups (broad SMARTS) is 1. The average molecular weight is 366 g/mol. The number of rotatable bonds is 3. The van der Waals surface area contributed by atoms with E-state index < -0.39 is 34.9 Å². The molecule has 2 aliphatic carbocycles. The van der Waals surface area contributed by atoms with Crippen molar-refractivity contribution in [2.75, 3.05) is 0 Å². The van der Waals surface area contributed by atoms with Crippen molar-refractivity contribution in [1.82, 2.24) is 0 Å². The van der Waals surface area contributed by atoms with Crippen LogP contribution in [-0.2, 0) is 23.9 Å². The van der Waals surface area contributed by atoms with Gasteiger partial charge in [-0.2, -0.15) is 0 Å². The molecule has 0 saturated heterocycles. The maximum atomic E-state index is 12.7. The summed E-state index contributed by atoms with van der Waals surface area (Å²) in [5.74, 6) is -3.28. The quantitative estimate of drug-likeness (QED) is 0.771. The maximum Gasteiger partial charge on any atom is 0.331 e. The van der Waals surface area contributed by atoms with Crippen molar-refractivity contribution in [2.24, 2.45) is 23.7 Å². The first-order valence-electron chi connectivity index (χ1n) is 9.17. The van der Waals surface area contributed by atoms with Gasteiger partial charge < -0.3 is 14.6 Å². The Kier molecular flexibility index (Phi) is 5.54. The van der Waals surface area contributed by atoms with Gasteiger partial charge in [-0.25, -0.2) is 4.79 Å². The molecular weight excluding hydrogens is 336 g/mol. The van der Waals surface area contributed by atoms with Crippen LogP contribution >= 0.6 is 0 Å². The van der Waals surface area contributed by atoms with Crippen molar-refractivity contribution in [1.29, 1.82) is 0 Å². The molecule has 0 heterocycles. The van der Waals surface area contributed by atoms with Gasteiger partial charge in [-0.15, -0.1) is 0 Å². The average Bonchev–Trinajstić information content (AvgIpc) is 2.41. The fraction of sp³-hybridized carbons (Fsp3) is 0.750. The summed E-state index contributed by atoms with van der Waals surface area (Å²) < 4.78 is 11.0. The van der Waals surface area contributed by atoms with Gasteiger partial charge in [0.15, 0.2) is 0 Å². The van der Waals surface area contributed by atoms with E-state index in [9.17, 15) is 19.5 Å². The summed E-state index contributed by atoms with van der Waals surface area (Å²) in [5, 5.41) is 9.56. The van der Waals surface area contributed by atoms with Gasteiger partial charge >= 0.3 is 17.9 Å². The molecule has 0 aromatic carbocycles. The van der Waals surface area contributed by atoms with Crippen LogP contribution in [0.1, 0.15) is 60.8 Å². The van der Waals surface area contributed by atoms with Gasteiger partial charge in [-0.3, -0.25) is 9.59 Å². The molecule has 0 radical (unpaired) electrons. The molecular formula is C20H30O6. The Bertz CT molecular complexity index is 619. The van der Waals surface area contributed by atoms with E-state index in [1.54, 1.807) is 47.6 Å². The van der Waals surface area contributed by atoms with Crippen LogP contribution in [0.5, 0.6) is 0 Å². The third-order valence-electron chi connectivity index (χ3n) is 4.77. The normalized spacial score (nSPS) is 28.8. The molecule has 0 amide bonds. The van der Waals surface area contributed by atoms with Gasteiger partial charge in [0.2, 0.25) is 0 Å². The summed E-state index contributed by atoms with van der Waals surface area (Å²) in [6.45, 7) is 10.8. The van der Waals surface area contributed by atoms with E-state index in [4.69, 9.17) is 9.47 Å². The zero-order valence-corrected chi connectivity index (χ0v) is 16.5. The number of esters is 2. The van der Waals surface area contributed by atoms with Crippen molar-refractivity contribution in [3.8, 4) is 0 Å². The van der Waals surface area contributed by atoms with Gasteiger partial charge in [-0.1, -0.05) is 6.08 Å². The van der Waals surface area contributed by atoms with Gasteiger partial charge in [0, 0.05) is 11.5 Å². The van der Waals surface area contributed by atoms with E-state index in [0.29, 0.717) is 19.3 Å². The fourth-order valence-corrected chi connectivity index (χ4v) is 3.93. The Morgan fingerprint density at radius 1 is 0.962 bits per heavy atom. The first-order valence-corrected chi connectivity index (χ1v) is 9.17. The monoisotopic (exact) mass is 366 g/mol. The Morgan fingerprint density at radius 3 is 2.00 bits per heavy atom. The second-order valence-corrected chi connectivity index (χ2v) is 9.33. The predicted octanol–water partition coefficient (Wildman–Crippen LogP) is 3.34. The molecule has 146 valence electrons. The Hall–Kier alpha value is -1.85. The topological polar surface area (TPSA) is 89.9 Å². The SMILES string of the molecule is CC(C)(C)OC(=O)C1CC2CC=C(C(=O)O)C(C1)C2C(=O)OC(C)(C)C. The molecule has 0 aliphatic heterocycles. The summed E-state index contributed by atoms with van der Waals surface area (Å²) in [6.07, 6.45) is 2.97. The lowest BCUT2D eigenvalue weighted by atomic mass is 9.61.